The van der Waals surface area contributed by atoms with Gasteiger partial charge in [0.25, 0.3) is 0 Å². The molecule has 0 aliphatic heterocycles. The molecule has 1 heterocycles. The van der Waals surface area contributed by atoms with Crippen LogP contribution in [-0.2, 0) is 24.5 Å². The van der Waals surface area contributed by atoms with E-state index >= 15 is 0 Å². The number of thiophene rings is 1. The number of benzene rings is 2. The molecule has 154 valence electrons. The summed E-state index contributed by atoms with van der Waals surface area (Å²) in [5.74, 6) is -0.331. The molecule has 3 rings (SSSR count). The number of fused-ring (bicyclic) bond motifs is 1. The standard InChI is InChI=1S/C22H25O5PS/c1-4-25-22(23)18-11-7-9-16(13-18)20-12-8-10-17-14-19(29-21(17)20)15-28(24,26-5-2)27-6-3/h7-14H,4-6,15H2,1-3H3. The summed E-state index contributed by atoms with van der Waals surface area (Å²) in [6, 6.07) is 15.5. The molecule has 0 radical (unpaired) electrons. The second kappa shape index (κ2) is 9.68. The van der Waals surface area contributed by atoms with Crippen molar-refractivity contribution in [2.24, 2.45) is 0 Å². The van der Waals surface area contributed by atoms with Gasteiger partial charge in [-0.15, -0.1) is 11.3 Å². The van der Waals surface area contributed by atoms with Crippen LogP contribution in [0, 0.1) is 0 Å². The van der Waals surface area contributed by atoms with Gasteiger partial charge in [-0.3, -0.25) is 4.57 Å². The molecule has 7 heteroatoms. The minimum Gasteiger partial charge on any atom is -0.462 e. The molecule has 0 saturated heterocycles. The molecule has 0 fully saturated rings. The summed E-state index contributed by atoms with van der Waals surface area (Å²) in [4.78, 5) is 13.0. The molecule has 29 heavy (non-hydrogen) atoms. The lowest BCUT2D eigenvalue weighted by molar-refractivity contribution is 0.0526. The van der Waals surface area contributed by atoms with Crippen molar-refractivity contribution in [2.45, 2.75) is 26.9 Å². The maximum absolute atomic E-state index is 12.9. The van der Waals surface area contributed by atoms with Crippen LogP contribution in [-0.4, -0.2) is 25.8 Å². The van der Waals surface area contributed by atoms with E-state index in [2.05, 4.69) is 0 Å². The maximum Gasteiger partial charge on any atom is 0.338 e. The SMILES string of the molecule is CCOC(=O)c1cccc(-c2cccc3cc(CP(=O)(OCC)OCC)sc23)c1. The summed E-state index contributed by atoms with van der Waals surface area (Å²) in [6.45, 7) is 6.43. The van der Waals surface area contributed by atoms with Crippen LogP contribution >= 0.6 is 18.9 Å². The molecule has 0 N–H and O–H groups in total. The van der Waals surface area contributed by atoms with Crippen LogP contribution in [0.25, 0.3) is 21.2 Å². The maximum atomic E-state index is 12.9. The number of ether oxygens (including phenoxy) is 1. The fourth-order valence-corrected chi connectivity index (χ4v) is 6.40. The second-order valence-electron chi connectivity index (χ2n) is 6.34. The number of carbonyl (C=O) groups is 1. The van der Waals surface area contributed by atoms with Gasteiger partial charge < -0.3 is 13.8 Å². The van der Waals surface area contributed by atoms with Crippen LogP contribution in [0.4, 0.5) is 0 Å². The third-order valence-electron chi connectivity index (χ3n) is 4.28. The van der Waals surface area contributed by atoms with E-state index in [0.717, 1.165) is 26.1 Å². The van der Waals surface area contributed by atoms with E-state index in [4.69, 9.17) is 13.8 Å². The molecule has 0 atom stereocenters. The van der Waals surface area contributed by atoms with Crippen LogP contribution in [0.2, 0.25) is 0 Å². The molecule has 0 aliphatic carbocycles. The Labute approximate surface area is 175 Å². The fraction of sp³-hybridized carbons (Fsp3) is 0.318. The molecular weight excluding hydrogens is 407 g/mol. The largest absolute Gasteiger partial charge is 0.462 e. The number of esters is 1. The predicted octanol–water partition coefficient (Wildman–Crippen LogP) is 6.51. The van der Waals surface area contributed by atoms with E-state index in [1.54, 1.807) is 24.3 Å². The van der Waals surface area contributed by atoms with Gasteiger partial charge in [0.05, 0.1) is 31.5 Å². The van der Waals surface area contributed by atoms with Crippen molar-refractivity contribution in [3.63, 3.8) is 0 Å². The van der Waals surface area contributed by atoms with Gasteiger partial charge in [-0.25, -0.2) is 4.79 Å². The van der Waals surface area contributed by atoms with Crippen LogP contribution in [0.15, 0.2) is 48.5 Å². The summed E-state index contributed by atoms with van der Waals surface area (Å²) < 4.78 is 30.0. The molecule has 2 aromatic carbocycles. The van der Waals surface area contributed by atoms with E-state index in [-0.39, 0.29) is 12.1 Å². The normalized spacial score (nSPS) is 11.7. The van der Waals surface area contributed by atoms with Crippen molar-refractivity contribution < 1.29 is 23.1 Å². The Morgan fingerprint density at radius 1 is 0.966 bits per heavy atom. The summed E-state index contributed by atoms with van der Waals surface area (Å²) in [6.07, 6.45) is 0.246. The Hall–Kier alpha value is -1.98. The lowest BCUT2D eigenvalue weighted by Crippen LogP contribution is -2.04. The summed E-state index contributed by atoms with van der Waals surface area (Å²) in [5.41, 5.74) is 2.48. The van der Waals surface area contributed by atoms with E-state index in [0.29, 0.717) is 25.4 Å². The van der Waals surface area contributed by atoms with Gasteiger partial charge in [-0.2, -0.15) is 0 Å². The molecule has 5 nitrogen and oxygen atoms in total. The first-order chi connectivity index (χ1) is 14.0. The highest BCUT2D eigenvalue weighted by molar-refractivity contribution is 7.53. The molecule has 0 unspecified atom stereocenters. The van der Waals surface area contributed by atoms with Gasteiger partial charge in [0.1, 0.15) is 0 Å². The Kier molecular flexibility index (Phi) is 7.25. The topological polar surface area (TPSA) is 61.8 Å². The second-order valence-corrected chi connectivity index (χ2v) is 9.53. The highest BCUT2D eigenvalue weighted by Gasteiger charge is 2.25. The van der Waals surface area contributed by atoms with Crippen molar-refractivity contribution >= 4 is 35.0 Å². The Morgan fingerprint density at radius 3 is 2.38 bits per heavy atom. The average Bonchev–Trinajstić information content (AvgIpc) is 3.10. The van der Waals surface area contributed by atoms with E-state index in [1.165, 1.54) is 0 Å². The third-order valence-corrected chi connectivity index (χ3v) is 7.71. The molecular formula is C22H25O5PS. The zero-order valence-electron chi connectivity index (χ0n) is 16.8. The molecule has 0 spiro atoms. The lowest BCUT2D eigenvalue weighted by atomic mass is 10.0. The van der Waals surface area contributed by atoms with Crippen molar-refractivity contribution in [3.8, 4) is 11.1 Å². The first-order valence-corrected chi connectivity index (χ1v) is 12.2. The summed E-state index contributed by atoms with van der Waals surface area (Å²) in [5, 5.41) is 1.06. The molecule has 3 aromatic rings. The lowest BCUT2D eigenvalue weighted by Gasteiger charge is -2.15. The van der Waals surface area contributed by atoms with Crippen molar-refractivity contribution in [2.75, 3.05) is 19.8 Å². The van der Waals surface area contributed by atoms with Gasteiger partial charge in [0.15, 0.2) is 0 Å². The van der Waals surface area contributed by atoms with Crippen molar-refractivity contribution in [3.05, 3.63) is 59.0 Å². The Morgan fingerprint density at radius 2 is 1.69 bits per heavy atom. The smallest absolute Gasteiger partial charge is 0.338 e. The van der Waals surface area contributed by atoms with Crippen LogP contribution in [0.3, 0.4) is 0 Å². The number of rotatable bonds is 9. The Bertz CT molecular complexity index is 1030. The van der Waals surface area contributed by atoms with Crippen LogP contribution in [0.1, 0.15) is 36.0 Å². The van der Waals surface area contributed by atoms with Gasteiger partial charge in [-0.05, 0) is 55.5 Å². The summed E-state index contributed by atoms with van der Waals surface area (Å²) >= 11 is 1.57. The highest BCUT2D eigenvalue weighted by Crippen LogP contribution is 2.53. The van der Waals surface area contributed by atoms with Gasteiger partial charge in [-0.1, -0.05) is 30.3 Å². The van der Waals surface area contributed by atoms with Crippen molar-refractivity contribution in [1.29, 1.82) is 0 Å². The first kappa shape index (κ1) is 21.7. The fourth-order valence-electron chi connectivity index (χ4n) is 3.16. The van der Waals surface area contributed by atoms with Crippen LogP contribution in [0.5, 0.6) is 0 Å². The minimum absolute atomic E-state index is 0.246. The zero-order valence-corrected chi connectivity index (χ0v) is 18.6. The zero-order chi connectivity index (χ0) is 20.9. The highest BCUT2D eigenvalue weighted by atomic mass is 32.1. The van der Waals surface area contributed by atoms with E-state index < -0.39 is 7.60 Å². The predicted molar refractivity (Wildman–Crippen MR) is 118 cm³/mol. The monoisotopic (exact) mass is 432 g/mol. The number of carbonyl (C=O) groups excluding carboxylic acids is 1. The van der Waals surface area contributed by atoms with Crippen molar-refractivity contribution in [1.82, 2.24) is 0 Å². The molecule has 1 aromatic heterocycles. The molecule has 0 amide bonds. The van der Waals surface area contributed by atoms with E-state index in [1.807, 2.05) is 56.3 Å². The van der Waals surface area contributed by atoms with E-state index in [9.17, 15) is 9.36 Å². The average molecular weight is 432 g/mol. The van der Waals surface area contributed by atoms with Gasteiger partial charge in [0, 0.05) is 9.58 Å². The van der Waals surface area contributed by atoms with Crippen LogP contribution < -0.4 is 0 Å². The Balaban J connectivity index is 1.98. The molecule has 0 bridgehead atoms. The minimum atomic E-state index is -3.16. The summed E-state index contributed by atoms with van der Waals surface area (Å²) in [7, 11) is -3.16. The quantitative estimate of drug-likeness (QED) is 0.285. The number of hydrogen-bond donors (Lipinski definition) is 0. The molecule has 0 aliphatic rings. The number of hydrogen-bond acceptors (Lipinski definition) is 6. The molecule has 0 saturated carbocycles. The first-order valence-electron chi connectivity index (χ1n) is 9.66. The third kappa shape index (κ3) is 5.14. The van der Waals surface area contributed by atoms with Gasteiger partial charge in [0.2, 0.25) is 0 Å². The van der Waals surface area contributed by atoms with Gasteiger partial charge >= 0.3 is 13.6 Å².